The Morgan fingerprint density at radius 2 is 1.78 bits per heavy atom. The lowest BCUT2D eigenvalue weighted by atomic mass is 9.85. The van der Waals surface area contributed by atoms with Gasteiger partial charge in [0, 0.05) is 12.6 Å². The van der Waals surface area contributed by atoms with Crippen LogP contribution in [0, 0.1) is 5.41 Å². The smallest absolute Gasteiger partial charge is 0.394 e. The van der Waals surface area contributed by atoms with Gasteiger partial charge in [-0.25, -0.2) is 4.98 Å². The third-order valence-electron chi connectivity index (χ3n) is 4.42. The third kappa shape index (κ3) is 4.78. The standard InChI is InChI=1S/C19H23F5N2O/c1-5-13-11-26(16(6-2)25-13)14-8-7-12(9-15(14)27-17(20)21)10-18(3,4)19(22,23)24/h7-9,11,17H,5-6,10H2,1-4H3. The van der Waals surface area contributed by atoms with E-state index in [1.807, 2.05) is 13.8 Å². The lowest BCUT2D eigenvalue weighted by Crippen LogP contribution is -2.34. The summed E-state index contributed by atoms with van der Waals surface area (Å²) in [6, 6.07) is 4.26. The van der Waals surface area contributed by atoms with Gasteiger partial charge in [-0.15, -0.1) is 0 Å². The van der Waals surface area contributed by atoms with Crippen molar-refractivity contribution in [3.8, 4) is 11.4 Å². The Morgan fingerprint density at radius 3 is 2.30 bits per heavy atom. The second-order valence-electron chi connectivity index (χ2n) is 6.96. The van der Waals surface area contributed by atoms with E-state index in [4.69, 9.17) is 0 Å². The molecule has 0 saturated carbocycles. The fraction of sp³-hybridized carbons (Fsp3) is 0.526. The largest absolute Gasteiger partial charge is 0.433 e. The zero-order valence-corrected chi connectivity index (χ0v) is 15.7. The van der Waals surface area contributed by atoms with Crippen molar-refractivity contribution in [2.45, 2.75) is 59.7 Å². The van der Waals surface area contributed by atoms with Gasteiger partial charge >= 0.3 is 12.8 Å². The molecule has 2 aromatic rings. The van der Waals surface area contributed by atoms with E-state index < -0.39 is 18.2 Å². The van der Waals surface area contributed by atoms with Gasteiger partial charge in [0.15, 0.2) is 0 Å². The molecule has 0 aliphatic carbocycles. The first kappa shape index (κ1) is 21.2. The molecule has 1 aromatic heterocycles. The number of aryl methyl sites for hydroxylation is 2. The normalized spacial score (nSPS) is 12.7. The van der Waals surface area contributed by atoms with Crippen molar-refractivity contribution >= 4 is 0 Å². The highest BCUT2D eigenvalue weighted by atomic mass is 19.4. The van der Waals surface area contributed by atoms with Crippen molar-refractivity contribution in [1.82, 2.24) is 9.55 Å². The van der Waals surface area contributed by atoms with E-state index >= 15 is 0 Å². The van der Waals surface area contributed by atoms with Gasteiger partial charge in [-0.3, -0.25) is 4.57 Å². The Hall–Kier alpha value is -2.12. The molecule has 0 amide bonds. The molecule has 0 radical (unpaired) electrons. The number of alkyl halides is 5. The summed E-state index contributed by atoms with van der Waals surface area (Å²) in [6.45, 7) is 2.87. The molecular formula is C19H23F5N2O. The number of nitrogens with zero attached hydrogens (tertiary/aromatic N) is 2. The Labute approximate surface area is 155 Å². The van der Waals surface area contributed by atoms with E-state index in [1.165, 1.54) is 18.2 Å². The Bertz CT molecular complexity index is 781. The predicted molar refractivity (Wildman–Crippen MR) is 92.5 cm³/mol. The minimum Gasteiger partial charge on any atom is -0.433 e. The molecule has 0 fully saturated rings. The molecule has 0 aliphatic heterocycles. The number of rotatable bonds is 7. The summed E-state index contributed by atoms with van der Waals surface area (Å²) in [5.74, 6) is 0.490. The second-order valence-corrected chi connectivity index (χ2v) is 6.96. The minimum atomic E-state index is -4.41. The molecule has 0 bridgehead atoms. The molecule has 8 heteroatoms. The van der Waals surface area contributed by atoms with Crippen LogP contribution in [0.25, 0.3) is 5.69 Å². The van der Waals surface area contributed by atoms with E-state index in [0.717, 1.165) is 19.5 Å². The molecule has 27 heavy (non-hydrogen) atoms. The number of hydrogen-bond donors (Lipinski definition) is 0. The molecule has 1 aromatic carbocycles. The number of hydrogen-bond acceptors (Lipinski definition) is 2. The van der Waals surface area contributed by atoms with Crippen LogP contribution in [0.1, 0.15) is 44.8 Å². The fourth-order valence-corrected chi connectivity index (χ4v) is 2.77. The van der Waals surface area contributed by atoms with Crippen LogP contribution in [-0.4, -0.2) is 22.3 Å². The summed E-state index contributed by atoms with van der Waals surface area (Å²) >= 11 is 0. The molecule has 2 rings (SSSR count). The highest BCUT2D eigenvalue weighted by Gasteiger charge is 2.47. The van der Waals surface area contributed by atoms with Crippen LogP contribution in [0.4, 0.5) is 22.0 Å². The molecule has 0 N–H and O–H groups in total. The van der Waals surface area contributed by atoms with Gasteiger partial charge in [0.1, 0.15) is 11.6 Å². The van der Waals surface area contributed by atoms with Crippen molar-refractivity contribution in [2.24, 2.45) is 5.41 Å². The van der Waals surface area contributed by atoms with Crippen LogP contribution < -0.4 is 4.74 Å². The second kappa shape index (κ2) is 7.86. The molecule has 1 heterocycles. The average molecular weight is 390 g/mol. The average Bonchev–Trinajstić information content (AvgIpc) is 2.96. The Balaban J connectivity index is 2.49. The van der Waals surface area contributed by atoms with E-state index in [0.29, 0.717) is 24.4 Å². The van der Waals surface area contributed by atoms with Gasteiger partial charge < -0.3 is 4.74 Å². The van der Waals surface area contributed by atoms with Crippen molar-refractivity contribution in [3.63, 3.8) is 0 Å². The number of imidazole rings is 1. The Kier molecular flexibility index (Phi) is 6.17. The molecule has 0 spiro atoms. The summed E-state index contributed by atoms with van der Waals surface area (Å²) in [6.07, 6.45) is -1.79. The number of benzene rings is 1. The molecule has 3 nitrogen and oxygen atoms in total. The lowest BCUT2D eigenvalue weighted by Gasteiger charge is -2.28. The van der Waals surface area contributed by atoms with Gasteiger partial charge in [0.05, 0.1) is 16.8 Å². The topological polar surface area (TPSA) is 27.1 Å². The van der Waals surface area contributed by atoms with E-state index in [9.17, 15) is 22.0 Å². The summed E-state index contributed by atoms with van der Waals surface area (Å²) in [5.41, 5.74) is -0.606. The van der Waals surface area contributed by atoms with Gasteiger partial charge in [-0.2, -0.15) is 22.0 Å². The number of aromatic nitrogens is 2. The van der Waals surface area contributed by atoms with Crippen LogP contribution in [0.2, 0.25) is 0 Å². The van der Waals surface area contributed by atoms with Crippen molar-refractivity contribution in [1.29, 1.82) is 0 Å². The fourth-order valence-electron chi connectivity index (χ4n) is 2.77. The molecule has 0 atom stereocenters. The maximum Gasteiger partial charge on any atom is 0.394 e. The Morgan fingerprint density at radius 1 is 1.11 bits per heavy atom. The van der Waals surface area contributed by atoms with Crippen LogP contribution >= 0.6 is 0 Å². The summed E-state index contributed by atoms with van der Waals surface area (Å²) in [4.78, 5) is 4.43. The lowest BCUT2D eigenvalue weighted by molar-refractivity contribution is -0.211. The highest BCUT2D eigenvalue weighted by Crippen LogP contribution is 2.41. The van der Waals surface area contributed by atoms with E-state index in [-0.39, 0.29) is 17.7 Å². The van der Waals surface area contributed by atoms with Crippen molar-refractivity contribution < 1.29 is 26.7 Å². The van der Waals surface area contributed by atoms with Gasteiger partial charge in [-0.05, 0) is 30.5 Å². The maximum atomic E-state index is 13.2. The molecular weight excluding hydrogens is 367 g/mol. The third-order valence-corrected chi connectivity index (χ3v) is 4.42. The summed E-state index contributed by atoms with van der Waals surface area (Å²) < 4.78 is 71.5. The predicted octanol–water partition coefficient (Wildman–Crippen LogP) is 5.73. The van der Waals surface area contributed by atoms with Gasteiger partial charge in [-0.1, -0.05) is 33.8 Å². The van der Waals surface area contributed by atoms with Crippen LogP contribution in [0.3, 0.4) is 0 Å². The first-order valence-electron chi connectivity index (χ1n) is 8.70. The molecule has 0 saturated heterocycles. The molecule has 0 unspecified atom stereocenters. The number of ether oxygens (including phenoxy) is 1. The monoisotopic (exact) mass is 390 g/mol. The van der Waals surface area contributed by atoms with Crippen molar-refractivity contribution in [3.05, 3.63) is 41.5 Å². The van der Waals surface area contributed by atoms with Crippen molar-refractivity contribution in [2.75, 3.05) is 0 Å². The number of halogens is 5. The zero-order valence-electron chi connectivity index (χ0n) is 15.7. The SMILES string of the molecule is CCc1cn(-c2ccc(CC(C)(C)C(F)(F)F)cc2OC(F)F)c(CC)n1. The molecule has 0 aliphatic rings. The summed E-state index contributed by atoms with van der Waals surface area (Å²) in [7, 11) is 0. The van der Waals surface area contributed by atoms with E-state index in [1.54, 1.807) is 10.8 Å². The highest BCUT2D eigenvalue weighted by molar-refractivity contribution is 5.50. The quantitative estimate of drug-likeness (QED) is 0.565. The maximum absolute atomic E-state index is 13.2. The van der Waals surface area contributed by atoms with E-state index in [2.05, 4.69) is 9.72 Å². The summed E-state index contributed by atoms with van der Waals surface area (Å²) in [5, 5.41) is 0. The minimum absolute atomic E-state index is 0.171. The first-order chi connectivity index (χ1) is 12.5. The van der Waals surface area contributed by atoms with Crippen LogP contribution in [0.5, 0.6) is 5.75 Å². The zero-order chi connectivity index (χ0) is 20.4. The van der Waals surface area contributed by atoms with Gasteiger partial charge in [0.2, 0.25) is 0 Å². The van der Waals surface area contributed by atoms with Gasteiger partial charge in [0.25, 0.3) is 0 Å². The van der Waals surface area contributed by atoms with Crippen LogP contribution in [0.15, 0.2) is 24.4 Å². The molecule has 150 valence electrons. The first-order valence-corrected chi connectivity index (χ1v) is 8.70. The van der Waals surface area contributed by atoms with Crippen LogP contribution in [-0.2, 0) is 19.3 Å².